The fourth-order valence-electron chi connectivity index (χ4n) is 4.64. The lowest BCUT2D eigenvalue weighted by Crippen LogP contribution is -2.28. The second kappa shape index (κ2) is 14.3. The van der Waals surface area contributed by atoms with E-state index in [0.29, 0.717) is 36.7 Å². The van der Waals surface area contributed by atoms with E-state index < -0.39 is 21.4 Å². The number of nitrogens with zero attached hydrogens (tertiary/aromatic N) is 3. The summed E-state index contributed by atoms with van der Waals surface area (Å²) < 4.78 is 30.5. The molecule has 1 aliphatic carbocycles. The van der Waals surface area contributed by atoms with E-state index in [0.717, 1.165) is 43.7 Å². The van der Waals surface area contributed by atoms with Gasteiger partial charge in [-0.2, -0.15) is 0 Å². The number of nitrogens with one attached hydrogen (secondary N) is 2. The van der Waals surface area contributed by atoms with E-state index in [1.807, 2.05) is 23.0 Å². The first-order valence-electron chi connectivity index (χ1n) is 14.1. The van der Waals surface area contributed by atoms with Gasteiger partial charge in [0, 0.05) is 30.0 Å². The average Bonchev–Trinajstić information content (AvgIpc) is 3.34. The van der Waals surface area contributed by atoms with Crippen LogP contribution in [0, 0.1) is 6.04 Å². The fourth-order valence-corrected chi connectivity index (χ4v) is 5.81. The molecule has 4 rings (SSSR count). The number of pyridine rings is 1. The summed E-state index contributed by atoms with van der Waals surface area (Å²) in [5.74, 6) is 0.466. The van der Waals surface area contributed by atoms with Gasteiger partial charge in [0.15, 0.2) is 12.9 Å². The number of aliphatic hydroxyl groups excluding tert-OH is 1. The highest BCUT2D eigenvalue weighted by molar-refractivity contribution is 7.93. The van der Waals surface area contributed by atoms with Gasteiger partial charge >= 0.3 is 5.91 Å². The molecule has 220 valence electrons. The van der Waals surface area contributed by atoms with Crippen LogP contribution in [0.3, 0.4) is 0 Å². The number of benzene rings is 1. The predicted octanol–water partition coefficient (Wildman–Crippen LogP) is 2.76. The SMILES string of the molecule is CCCCCCN1C=[N+]([C-]2C=CC(S(=O)(=O)Nc3ccc(CCNCC(O)c4ccc(N)nc4)cc3)C=C2)CC1=O. The van der Waals surface area contributed by atoms with E-state index in [4.69, 9.17) is 5.73 Å². The van der Waals surface area contributed by atoms with Crippen LogP contribution in [-0.4, -0.2) is 71.7 Å². The van der Waals surface area contributed by atoms with Gasteiger partial charge in [-0.15, -0.1) is 24.3 Å². The minimum atomic E-state index is -3.69. The third-order valence-corrected chi connectivity index (χ3v) is 8.65. The highest BCUT2D eigenvalue weighted by atomic mass is 32.2. The van der Waals surface area contributed by atoms with Crippen LogP contribution in [0.25, 0.3) is 0 Å². The van der Waals surface area contributed by atoms with Gasteiger partial charge in [-0.05, 0) is 49.6 Å². The van der Waals surface area contributed by atoms with Gasteiger partial charge in [-0.1, -0.05) is 38.0 Å². The molecule has 0 saturated heterocycles. The number of hydrogen-bond donors (Lipinski definition) is 4. The van der Waals surface area contributed by atoms with E-state index in [1.165, 1.54) is 0 Å². The Morgan fingerprint density at radius 3 is 2.59 bits per heavy atom. The molecule has 1 unspecified atom stereocenters. The second-order valence-electron chi connectivity index (χ2n) is 10.3. The molecule has 2 aliphatic rings. The Morgan fingerprint density at radius 2 is 1.90 bits per heavy atom. The fraction of sp³-hybridized carbons (Fsp3) is 0.400. The minimum absolute atomic E-state index is 0.0553. The van der Waals surface area contributed by atoms with E-state index in [9.17, 15) is 18.3 Å². The Bertz CT molecular complexity index is 1340. The van der Waals surface area contributed by atoms with Gasteiger partial charge in [0.1, 0.15) is 5.82 Å². The molecular weight excluding hydrogens is 540 g/mol. The van der Waals surface area contributed by atoms with Gasteiger partial charge in [-0.25, -0.2) is 23.1 Å². The molecule has 0 fully saturated rings. The molecular formula is C30H40N6O4S. The standard InChI is InChI=1S/C30H40N6O4S/c1-2-3-4-5-18-35-22-36(21-30(35)38)26-11-13-27(14-12-26)41(39,40)34-25-9-6-23(7-10-25)16-17-32-20-28(37)24-8-15-29(31)33-19-24/h6-15,19,22,27-28,32,34,37H,2-5,16-18,20-21H2,1H3,(H2,31,33). The van der Waals surface area contributed by atoms with Crippen molar-refractivity contribution >= 4 is 33.8 Å². The van der Waals surface area contributed by atoms with Crippen molar-refractivity contribution in [2.24, 2.45) is 0 Å². The number of aromatic nitrogens is 1. The third-order valence-electron chi connectivity index (χ3n) is 7.10. The van der Waals surface area contributed by atoms with Crippen LogP contribution < -0.4 is 15.8 Å². The zero-order valence-electron chi connectivity index (χ0n) is 23.4. The largest absolute Gasteiger partial charge is 0.387 e. The molecule has 0 saturated carbocycles. The van der Waals surface area contributed by atoms with Crippen LogP contribution in [0.5, 0.6) is 0 Å². The summed E-state index contributed by atoms with van der Waals surface area (Å²) in [5, 5.41) is 12.7. The Hall–Kier alpha value is -3.67. The van der Waals surface area contributed by atoms with Crippen molar-refractivity contribution in [1.82, 2.24) is 15.2 Å². The Labute approximate surface area is 242 Å². The molecule has 5 N–H and O–H groups in total. The van der Waals surface area contributed by atoms with Crippen LogP contribution in [0.15, 0.2) is 66.9 Å². The summed E-state index contributed by atoms with van der Waals surface area (Å²) >= 11 is 0. The van der Waals surface area contributed by atoms with Crippen molar-refractivity contribution in [3.05, 3.63) is 84.1 Å². The molecule has 1 atom stereocenters. The number of carbonyl (C=O) groups is 1. The number of unbranched alkanes of at least 4 members (excludes halogenated alkanes) is 3. The molecule has 41 heavy (non-hydrogen) atoms. The van der Waals surface area contributed by atoms with Crippen LogP contribution in [0.2, 0.25) is 0 Å². The van der Waals surface area contributed by atoms with Crippen molar-refractivity contribution < 1.29 is 22.9 Å². The molecule has 2 aromatic rings. The summed E-state index contributed by atoms with van der Waals surface area (Å²) in [7, 11) is -3.69. The molecule has 1 aromatic heterocycles. The molecule has 11 heteroatoms. The van der Waals surface area contributed by atoms with Gasteiger partial charge in [0.25, 0.3) is 0 Å². The third kappa shape index (κ3) is 8.66. The summed E-state index contributed by atoms with van der Waals surface area (Å²) in [6, 6.07) is 11.5. The highest BCUT2D eigenvalue weighted by Gasteiger charge is 2.29. The van der Waals surface area contributed by atoms with Crippen LogP contribution in [-0.2, 0) is 21.2 Å². The summed E-state index contributed by atoms with van der Waals surface area (Å²) in [4.78, 5) is 18.1. The zero-order valence-corrected chi connectivity index (χ0v) is 24.3. The zero-order chi connectivity index (χ0) is 29.2. The van der Waals surface area contributed by atoms with E-state index in [-0.39, 0.29) is 12.5 Å². The lowest BCUT2D eigenvalue weighted by molar-refractivity contribution is -0.477. The quantitative estimate of drug-likeness (QED) is 0.144. The first-order valence-corrected chi connectivity index (χ1v) is 15.6. The van der Waals surface area contributed by atoms with Crippen molar-refractivity contribution in [2.75, 3.05) is 36.6 Å². The van der Waals surface area contributed by atoms with Gasteiger partial charge in [-0.3, -0.25) is 4.72 Å². The molecule has 0 bridgehead atoms. The topological polar surface area (TPSA) is 141 Å². The number of amides is 1. The van der Waals surface area contributed by atoms with Crippen molar-refractivity contribution in [2.45, 2.75) is 50.4 Å². The summed E-state index contributed by atoms with van der Waals surface area (Å²) in [6.45, 7) is 4.16. The lowest BCUT2D eigenvalue weighted by Gasteiger charge is -2.23. The molecule has 1 aliphatic heterocycles. The number of anilines is 2. The van der Waals surface area contributed by atoms with E-state index in [2.05, 4.69) is 21.9 Å². The first-order chi connectivity index (χ1) is 19.7. The Kier molecular flexibility index (Phi) is 10.6. The van der Waals surface area contributed by atoms with Gasteiger partial charge < -0.3 is 20.7 Å². The normalized spacial score (nSPS) is 16.3. The van der Waals surface area contributed by atoms with E-state index >= 15 is 0 Å². The average molecular weight is 581 g/mol. The molecule has 1 aromatic carbocycles. The van der Waals surface area contributed by atoms with Crippen LogP contribution in [0.1, 0.15) is 49.8 Å². The van der Waals surface area contributed by atoms with Gasteiger partial charge in [0.2, 0.25) is 10.0 Å². The molecule has 0 radical (unpaired) electrons. The maximum atomic E-state index is 13.0. The lowest BCUT2D eigenvalue weighted by atomic mass is 10.1. The van der Waals surface area contributed by atoms with Crippen molar-refractivity contribution in [3.8, 4) is 0 Å². The maximum Gasteiger partial charge on any atom is 0.341 e. The molecule has 10 nitrogen and oxygen atoms in total. The van der Waals surface area contributed by atoms with Crippen molar-refractivity contribution in [1.29, 1.82) is 0 Å². The molecule has 0 spiro atoms. The number of nitrogens with two attached hydrogens (primary N) is 1. The number of aliphatic hydroxyl groups is 1. The maximum absolute atomic E-state index is 13.0. The smallest absolute Gasteiger partial charge is 0.341 e. The Balaban J connectivity index is 1.22. The summed E-state index contributed by atoms with van der Waals surface area (Å²) in [5.41, 5.74) is 7.81. The van der Waals surface area contributed by atoms with E-state index in [1.54, 1.807) is 59.7 Å². The van der Waals surface area contributed by atoms with Crippen molar-refractivity contribution in [3.63, 3.8) is 0 Å². The molecule has 1 amide bonds. The Morgan fingerprint density at radius 1 is 1.15 bits per heavy atom. The molecule has 2 heterocycles. The highest BCUT2D eigenvalue weighted by Crippen LogP contribution is 2.22. The monoisotopic (exact) mass is 580 g/mol. The first kappa shape index (κ1) is 30.3. The number of nitrogen functional groups attached to an aromatic ring is 1. The predicted molar refractivity (Wildman–Crippen MR) is 162 cm³/mol. The second-order valence-corrected chi connectivity index (χ2v) is 12.2. The van der Waals surface area contributed by atoms with Crippen LogP contribution in [0.4, 0.5) is 11.5 Å². The number of hydrogen-bond acceptors (Lipinski definition) is 7. The van der Waals surface area contributed by atoms with Gasteiger partial charge in [0.05, 0.1) is 17.9 Å². The van der Waals surface area contributed by atoms with Crippen LogP contribution >= 0.6 is 0 Å². The number of rotatable bonds is 15. The number of sulfonamides is 1. The minimum Gasteiger partial charge on any atom is -0.387 e. The number of carbonyl (C=O) groups excluding carboxylic acids is 1. The summed E-state index contributed by atoms with van der Waals surface area (Å²) in [6.07, 6.45) is 14.6.